The summed E-state index contributed by atoms with van der Waals surface area (Å²) in [5.74, 6) is 0.637. The summed E-state index contributed by atoms with van der Waals surface area (Å²) in [6.07, 6.45) is 3.56. The van der Waals surface area contributed by atoms with E-state index in [2.05, 4.69) is 20.9 Å². The lowest BCUT2D eigenvalue weighted by Gasteiger charge is -2.06. The molecule has 0 radical (unpaired) electrons. The normalized spacial score (nSPS) is 11.4. The van der Waals surface area contributed by atoms with E-state index in [9.17, 15) is 4.79 Å². The standard InChI is InChI=1S/C17H12BrClN2O/c1-11-20-16-6-5-13(18)10-15(16)17(22)21(11)8-7-12-3-2-4-14(19)9-12/h2-10H,1H3/b8-7+. The van der Waals surface area contributed by atoms with E-state index in [-0.39, 0.29) is 5.56 Å². The lowest BCUT2D eigenvalue weighted by Crippen LogP contribution is -2.19. The Bertz CT molecular complexity index is 947. The number of aryl methyl sites for hydroxylation is 1. The number of hydrogen-bond donors (Lipinski definition) is 0. The monoisotopic (exact) mass is 374 g/mol. The van der Waals surface area contributed by atoms with Crippen LogP contribution in [0.25, 0.3) is 23.2 Å². The quantitative estimate of drug-likeness (QED) is 0.648. The van der Waals surface area contributed by atoms with Gasteiger partial charge in [0.25, 0.3) is 5.56 Å². The molecular formula is C17H12BrClN2O. The first-order chi connectivity index (χ1) is 10.5. The summed E-state index contributed by atoms with van der Waals surface area (Å²) in [6.45, 7) is 1.81. The number of halogens is 2. The summed E-state index contributed by atoms with van der Waals surface area (Å²) in [7, 11) is 0. The van der Waals surface area contributed by atoms with Crippen molar-refractivity contribution in [1.29, 1.82) is 0 Å². The third-order valence-electron chi connectivity index (χ3n) is 3.30. The molecule has 0 saturated heterocycles. The van der Waals surface area contributed by atoms with Gasteiger partial charge in [-0.05, 0) is 48.9 Å². The Balaban J connectivity index is 2.12. The van der Waals surface area contributed by atoms with Crippen LogP contribution in [-0.2, 0) is 0 Å². The predicted octanol–water partition coefficient (Wildman–Crippen LogP) is 4.75. The highest BCUT2D eigenvalue weighted by molar-refractivity contribution is 9.10. The largest absolute Gasteiger partial charge is 0.271 e. The molecule has 3 nitrogen and oxygen atoms in total. The van der Waals surface area contributed by atoms with E-state index in [1.165, 1.54) is 4.57 Å². The second kappa shape index (κ2) is 6.07. The number of hydrogen-bond acceptors (Lipinski definition) is 2. The molecule has 3 rings (SSSR count). The first-order valence-corrected chi connectivity index (χ1v) is 7.84. The Labute approximate surface area is 141 Å². The molecule has 0 aliphatic carbocycles. The molecule has 0 aliphatic heterocycles. The highest BCUT2D eigenvalue weighted by Crippen LogP contribution is 2.16. The summed E-state index contributed by atoms with van der Waals surface area (Å²) < 4.78 is 2.39. The van der Waals surface area contributed by atoms with E-state index < -0.39 is 0 Å². The van der Waals surface area contributed by atoms with Gasteiger partial charge in [0.15, 0.2) is 0 Å². The predicted molar refractivity (Wildman–Crippen MR) is 95.1 cm³/mol. The van der Waals surface area contributed by atoms with Crippen LogP contribution in [0, 0.1) is 6.92 Å². The molecule has 110 valence electrons. The molecular weight excluding hydrogens is 364 g/mol. The van der Waals surface area contributed by atoms with Crippen LogP contribution in [0.2, 0.25) is 5.02 Å². The molecule has 22 heavy (non-hydrogen) atoms. The average Bonchev–Trinajstić information content (AvgIpc) is 2.48. The summed E-state index contributed by atoms with van der Waals surface area (Å²) >= 11 is 9.35. The van der Waals surface area contributed by atoms with Crippen LogP contribution in [0.1, 0.15) is 11.4 Å². The van der Waals surface area contributed by atoms with Crippen LogP contribution in [0.3, 0.4) is 0 Å². The number of rotatable bonds is 2. The van der Waals surface area contributed by atoms with Gasteiger partial charge in [-0.2, -0.15) is 0 Å². The third-order valence-corrected chi connectivity index (χ3v) is 4.03. The minimum Gasteiger partial charge on any atom is -0.271 e. The van der Waals surface area contributed by atoms with Gasteiger partial charge in [0, 0.05) is 15.7 Å². The van der Waals surface area contributed by atoms with Gasteiger partial charge in [0.2, 0.25) is 0 Å². The zero-order valence-corrected chi connectivity index (χ0v) is 14.1. The Morgan fingerprint density at radius 3 is 2.82 bits per heavy atom. The second-order valence-electron chi connectivity index (χ2n) is 4.87. The van der Waals surface area contributed by atoms with Crippen molar-refractivity contribution in [2.75, 3.05) is 0 Å². The maximum atomic E-state index is 12.6. The van der Waals surface area contributed by atoms with E-state index in [1.807, 2.05) is 49.4 Å². The van der Waals surface area contributed by atoms with Crippen molar-refractivity contribution < 1.29 is 0 Å². The molecule has 0 fully saturated rings. The highest BCUT2D eigenvalue weighted by Gasteiger charge is 2.06. The lowest BCUT2D eigenvalue weighted by molar-refractivity contribution is 0.943. The first-order valence-electron chi connectivity index (χ1n) is 6.67. The molecule has 0 atom stereocenters. The first kappa shape index (κ1) is 15.0. The smallest absolute Gasteiger partial charge is 0.265 e. The van der Waals surface area contributed by atoms with Gasteiger partial charge in [0.05, 0.1) is 10.9 Å². The van der Waals surface area contributed by atoms with E-state index in [1.54, 1.807) is 12.3 Å². The molecule has 0 aliphatic rings. The van der Waals surface area contributed by atoms with E-state index in [0.29, 0.717) is 21.7 Å². The molecule has 1 heterocycles. The Morgan fingerprint density at radius 1 is 1.23 bits per heavy atom. The molecule has 0 saturated carbocycles. The zero-order chi connectivity index (χ0) is 15.7. The van der Waals surface area contributed by atoms with Gasteiger partial charge in [-0.25, -0.2) is 4.98 Å². The minimum absolute atomic E-state index is 0.0953. The topological polar surface area (TPSA) is 34.9 Å². The zero-order valence-electron chi connectivity index (χ0n) is 11.8. The average molecular weight is 376 g/mol. The second-order valence-corrected chi connectivity index (χ2v) is 6.22. The number of benzene rings is 2. The Hall–Kier alpha value is -1.91. The van der Waals surface area contributed by atoms with Crippen molar-refractivity contribution in [3.05, 3.63) is 73.7 Å². The summed E-state index contributed by atoms with van der Waals surface area (Å²) in [6, 6.07) is 12.9. The van der Waals surface area contributed by atoms with Crippen LogP contribution in [-0.4, -0.2) is 9.55 Å². The maximum absolute atomic E-state index is 12.6. The van der Waals surface area contributed by atoms with Crippen LogP contribution in [0.4, 0.5) is 0 Å². The van der Waals surface area contributed by atoms with Gasteiger partial charge < -0.3 is 0 Å². The van der Waals surface area contributed by atoms with Crippen molar-refractivity contribution >= 4 is 50.7 Å². The van der Waals surface area contributed by atoms with Crippen molar-refractivity contribution in [1.82, 2.24) is 9.55 Å². The van der Waals surface area contributed by atoms with Crippen molar-refractivity contribution in [3.8, 4) is 0 Å². The highest BCUT2D eigenvalue weighted by atomic mass is 79.9. The van der Waals surface area contributed by atoms with E-state index in [4.69, 9.17) is 11.6 Å². The summed E-state index contributed by atoms with van der Waals surface area (Å²) in [5.41, 5.74) is 1.52. The fraction of sp³-hybridized carbons (Fsp3) is 0.0588. The summed E-state index contributed by atoms with van der Waals surface area (Å²) in [4.78, 5) is 17.1. The van der Waals surface area contributed by atoms with Gasteiger partial charge in [-0.3, -0.25) is 9.36 Å². The van der Waals surface area contributed by atoms with Gasteiger partial charge in [-0.1, -0.05) is 39.7 Å². The van der Waals surface area contributed by atoms with Gasteiger partial charge in [0.1, 0.15) is 5.82 Å². The lowest BCUT2D eigenvalue weighted by atomic mass is 10.2. The molecule has 0 bridgehead atoms. The van der Waals surface area contributed by atoms with Gasteiger partial charge >= 0.3 is 0 Å². The molecule has 5 heteroatoms. The Kier molecular flexibility index (Phi) is 4.14. The van der Waals surface area contributed by atoms with Crippen LogP contribution in [0.5, 0.6) is 0 Å². The SMILES string of the molecule is Cc1nc2ccc(Br)cc2c(=O)n1/C=C/c1cccc(Cl)c1. The molecule has 0 unspecified atom stereocenters. The van der Waals surface area contributed by atoms with Crippen molar-refractivity contribution in [3.63, 3.8) is 0 Å². The van der Waals surface area contributed by atoms with E-state index in [0.717, 1.165) is 10.0 Å². The van der Waals surface area contributed by atoms with E-state index >= 15 is 0 Å². The van der Waals surface area contributed by atoms with Crippen LogP contribution in [0.15, 0.2) is 51.7 Å². The molecule has 0 spiro atoms. The third kappa shape index (κ3) is 2.98. The molecule has 3 aromatic rings. The van der Waals surface area contributed by atoms with Crippen LogP contribution < -0.4 is 5.56 Å². The van der Waals surface area contributed by atoms with Crippen molar-refractivity contribution in [2.45, 2.75) is 6.92 Å². The van der Waals surface area contributed by atoms with Crippen molar-refractivity contribution in [2.24, 2.45) is 0 Å². The fourth-order valence-corrected chi connectivity index (χ4v) is 2.79. The van der Waals surface area contributed by atoms with Crippen LogP contribution >= 0.6 is 27.5 Å². The number of fused-ring (bicyclic) bond motifs is 1. The Morgan fingerprint density at radius 2 is 2.05 bits per heavy atom. The number of nitrogens with zero attached hydrogens (tertiary/aromatic N) is 2. The molecule has 0 amide bonds. The maximum Gasteiger partial charge on any atom is 0.265 e. The number of aromatic nitrogens is 2. The minimum atomic E-state index is -0.0953. The molecule has 1 aromatic heterocycles. The fourth-order valence-electron chi connectivity index (χ4n) is 2.23. The molecule has 0 N–H and O–H groups in total. The molecule has 2 aromatic carbocycles. The van der Waals surface area contributed by atoms with Gasteiger partial charge in [-0.15, -0.1) is 0 Å². The summed E-state index contributed by atoms with van der Waals surface area (Å²) in [5, 5.41) is 1.24.